The van der Waals surface area contributed by atoms with E-state index >= 15 is 0 Å². The van der Waals surface area contributed by atoms with Gasteiger partial charge in [0.05, 0.1) is 11.6 Å². The van der Waals surface area contributed by atoms with E-state index in [0.29, 0.717) is 10.2 Å². The van der Waals surface area contributed by atoms with Crippen LogP contribution in [0, 0.1) is 11.3 Å². The van der Waals surface area contributed by atoms with Crippen LogP contribution in [0.1, 0.15) is 42.5 Å². The van der Waals surface area contributed by atoms with Crippen LogP contribution in [0.5, 0.6) is 0 Å². The lowest BCUT2D eigenvalue weighted by Crippen LogP contribution is -2.49. The molecule has 0 unspecified atom stereocenters. The van der Waals surface area contributed by atoms with Crippen LogP contribution in [0.25, 0.3) is 0 Å². The molecule has 1 saturated carbocycles. The maximum absolute atomic E-state index is 12.5. The summed E-state index contributed by atoms with van der Waals surface area (Å²) in [4.78, 5) is 18.2. The second-order valence-corrected chi connectivity index (χ2v) is 5.66. The van der Waals surface area contributed by atoms with Gasteiger partial charge in [-0.1, -0.05) is 19.3 Å². The topological polar surface area (TPSA) is 57.0 Å². The average Bonchev–Trinajstić information content (AvgIpc) is 2.47. The van der Waals surface area contributed by atoms with Gasteiger partial charge in [-0.05, 0) is 40.9 Å². The highest BCUT2D eigenvalue weighted by atomic mass is 79.9. The molecule has 5 heteroatoms. The molecule has 0 aromatic carbocycles. The molecule has 0 N–H and O–H groups in total. The number of amides is 1. The van der Waals surface area contributed by atoms with Crippen LogP contribution in [-0.2, 0) is 0 Å². The Kier molecular flexibility index (Phi) is 4.20. The van der Waals surface area contributed by atoms with Crippen LogP contribution < -0.4 is 0 Å². The molecular weight excluding hydrogens is 306 g/mol. The summed E-state index contributed by atoms with van der Waals surface area (Å²) in [7, 11) is 1.72. The minimum absolute atomic E-state index is 0.150. The Balaban J connectivity index is 2.28. The monoisotopic (exact) mass is 321 g/mol. The van der Waals surface area contributed by atoms with Gasteiger partial charge in [-0.25, -0.2) is 4.98 Å². The first kappa shape index (κ1) is 14.0. The zero-order valence-electron chi connectivity index (χ0n) is 10.9. The van der Waals surface area contributed by atoms with Crippen LogP contribution >= 0.6 is 15.9 Å². The highest BCUT2D eigenvalue weighted by Gasteiger charge is 2.39. The third-order valence-corrected chi connectivity index (χ3v) is 4.46. The van der Waals surface area contributed by atoms with E-state index in [0.717, 1.165) is 32.1 Å². The molecule has 0 saturated heterocycles. The first-order valence-corrected chi connectivity index (χ1v) is 7.20. The zero-order chi connectivity index (χ0) is 13.9. The lowest BCUT2D eigenvalue weighted by molar-refractivity contribution is 0.0587. The van der Waals surface area contributed by atoms with E-state index in [1.807, 2.05) is 0 Å². The van der Waals surface area contributed by atoms with Crippen molar-refractivity contribution >= 4 is 21.8 Å². The van der Waals surface area contributed by atoms with E-state index in [-0.39, 0.29) is 5.91 Å². The van der Waals surface area contributed by atoms with E-state index in [1.54, 1.807) is 30.3 Å². The number of nitriles is 1. The molecule has 1 heterocycles. The molecule has 0 radical (unpaired) electrons. The maximum Gasteiger partial charge on any atom is 0.257 e. The van der Waals surface area contributed by atoms with E-state index in [9.17, 15) is 10.1 Å². The van der Waals surface area contributed by atoms with Crippen LogP contribution in [0.15, 0.2) is 22.9 Å². The van der Waals surface area contributed by atoms with Gasteiger partial charge in [-0.3, -0.25) is 4.79 Å². The first-order valence-electron chi connectivity index (χ1n) is 6.41. The summed E-state index contributed by atoms with van der Waals surface area (Å²) in [6, 6.07) is 5.81. The molecule has 2 rings (SSSR count). The third-order valence-electron chi connectivity index (χ3n) is 3.83. The lowest BCUT2D eigenvalue weighted by atomic mass is 9.81. The second kappa shape index (κ2) is 5.70. The first-order chi connectivity index (χ1) is 9.10. The van der Waals surface area contributed by atoms with Gasteiger partial charge in [0, 0.05) is 13.2 Å². The van der Waals surface area contributed by atoms with Gasteiger partial charge in [0.15, 0.2) is 0 Å². The smallest absolute Gasteiger partial charge is 0.257 e. The van der Waals surface area contributed by atoms with Gasteiger partial charge >= 0.3 is 0 Å². The number of hydrogen-bond donors (Lipinski definition) is 0. The largest absolute Gasteiger partial charge is 0.323 e. The third kappa shape index (κ3) is 2.64. The summed E-state index contributed by atoms with van der Waals surface area (Å²) in [6.45, 7) is 0. The van der Waals surface area contributed by atoms with Crippen LogP contribution in [0.2, 0.25) is 0 Å². The SMILES string of the molecule is CN(C(=O)c1cccnc1Br)C1(C#N)CCCCC1. The van der Waals surface area contributed by atoms with Crippen molar-refractivity contribution in [1.82, 2.24) is 9.88 Å². The normalized spacial score (nSPS) is 17.5. The van der Waals surface area contributed by atoms with Gasteiger partial charge in [-0.2, -0.15) is 5.26 Å². The summed E-state index contributed by atoms with van der Waals surface area (Å²) in [5.74, 6) is -0.150. The average molecular weight is 322 g/mol. The number of pyridine rings is 1. The van der Waals surface area contributed by atoms with Crippen molar-refractivity contribution in [2.75, 3.05) is 7.05 Å². The highest BCUT2D eigenvalue weighted by molar-refractivity contribution is 9.10. The Morgan fingerprint density at radius 1 is 1.47 bits per heavy atom. The molecule has 19 heavy (non-hydrogen) atoms. The highest BCUT2D eigenvalue weighted by Crippen LogP contribution is 2.33. The van der Waals surface area contributed by atoms with Crippen molar-refractivity contribution in [3.8, 4) is 6.07 Å². The molecule has 1 amide bonds. The Morgan fingerprint density at radius 3 is 2.74 bits per heavy atom. The minimum atomic E-state index is -0.662. The molecule has 1 fully saturated rings. The Bertz CT molecular complexity index is 518. The van der Waals surface area contributed by atoms with Crippen LogP contribution in [0.3, 0.4) is 0 Å². The van der Waals surface area contributed by atoms with Crippen molar-refractivity contribution in [3.05, 3.63) is 28.5 Å². The number of halogens is 1. The molecule has 0 atom stereocenters. The van der Waals surface area contributed by atoms with Crippen molar-refractivity contribution in [3.63, 3.8) is 0 Å². The molecule has 100 valence electrons. The van der Waals surface area contributed by atoms with Crippen LogP contribution in [-0.4, -0.2) is 28.4 Å². The summed E-state index contributed by atoms with van der Waals surface area (Å²) >= 11 is 3.29. The number of aromatic nitrogens is 1. The van der Waals surface area contributed by atoms with Crippen molar-refractivity contribution in [2.45, 2.75) is 37.6 Å². The summed E-state index contributed by atoms with van der Waals surface area (Å²) < 4.78 is 0.524. The summed E-state index contributed by atoms with van der Waals surface area (Å²) in [6.07, 6.45) is 6.27. The fraction of sp³-hybridized carbons (Fsp3) is 0.500. The number of carbonyl (C=O) groups is 1. The number of carbonyl (C=O) groups excluding carboxylic acids is 1. The Morgan fingerprint density at radius 2 is 2.16 bits per heavy atom. The maximum atomic E-state index is 12.5. The fourth-order valence-electron chi connectivity index (χ4n) is 2.58. The lowest BCUT2D eigenvalue weighted by Gasteiger charge is -2.39. The Labute approximate surface area is 121 Å². The summed E-state index contributed by atoms with van der Waals surface area (Å²) in [5, 5.41) is 9.51. The van der Waals surface area contributed by atoms with Gasteiger partial charge in [-0.15, -0.1) is 0 Å². The standard InChI is InChI=1S/C14H16BrN3O/c1-18(14(10-16)7-3-2-4-8-14)13(19)11-6-5-9-17-12(11)15/h5-6,9H,2-4,7-8H2,1H3. The number of rotatable bonds is 2. The second-order valence-electron chi connectivity index (χ2n) is 4.91. The predicted molar refractivity (Wildman–Crippen MR) is 75.5 cm³/mol. The van der Waals surface area contributed by atoms with Crippen LogP contribution in [0.4, 0.5) is 0 Å². The predicted octanol–water partition coefficient (Wildman–Crippen LogP) is 3.14. The van der Waals surface area contributed by atoms with Crippen molar-refractivity contribution in [2.24, 2.45) is 0 Å². The van der Waals surface area contributed by atoms with Gasteiger partial charge in [0.1, 0.15) is 10.1 Å². The molecule has 1 aromatic heterocycles. The quantitative estimate of drug-likeness (QED) is 0.786. The molecular formula is C14H16BrN3O. The Hall–Kier alpha value is -1.41. The molecule has 1 aromatic rings. The summed E-state index contributed by atoms with van der Waals surface area (Å²) in [5.41, 5.74) is -0.157. The van der Waals surface area contributed by atoms with E-state index in [1.165, 1.54) is 0 Å². The van der Waals surface area contributed by atoms with E-state index < -0.39 is 5.54 Å². The molecule has 0 spiro atoms. The van der Waals surface area contributed by atoms with E-state index in [4.69, 9.17) is 0 Å². The minimum Gasteiger partial charge on any atom is -0.323 e. The van der Waals surface area contributed by atoms with E-state index in [2.05, 4.69) is 27.0 Å². The van der Waals surface area contributed by atoms with Crippen molar-refractivity contribution in [1.29, 1.82) is 5.26 Å². The van der Waals surface area contributed by atoms with Gasteiger partial charge in [0.2, 0.25) is 0 Å². The number of hydrogen-bond acceptors (Lipinski definition) is 3. The number of nitrogens with zero attached hydrogens (tertiary/aromatic N) is 3. The molecule has 1 aliphatic carbocycles. The molecule has 0 aliphatic heterocycles. The molecule has 4 nitrogen and oxygen atoms in total. The van der Waals surface area contributed by atoms with Gasteiger partial charge < -0.3 is 4.90 Å². The molecule has 0 bridgehead atoms. The molecule has 1 aliphatic rings. The fourth-order valence-corrected chi connectivity index (χ4v) is 3.00. The zero-order valence-corrected chi connectivity index (χ0v) is 12.5. The van der Waals surface area contributed by atoms with Crippen molar-refractivity contribution < 1.29 is 4.79 Å². The van der Waals surface area contributed by atoms with Gasteiger partial charge in [0.25, 0.3) is 5.91 Å².